The fourth-order valence-corrected chi connectivity index (χ4v) is 5.63. The first-order valence-electron chi connectivity index (χ1n) is 13.4. The van der Waals surface area contributed by atoms with Crippen molar-refractivity contribution < 1.29 is 26.7 Å². The van der Waals surface area contributed by atoms with Crippen molar-refractivity contribution in [3.63, 3.8) is 0 Å². The van der Waals surface area contributed by atoms with E-state index < -0.39 is 21.5 Å². The quantitative estimate of drug-likeness (QED) is 0.279. The fourth-order valence-electron chi connectivity index (χ4n) is 5.23. The second-order valence-corrected chi connectivity index (χ2v) is 12.8. The molecule has 3 N–H and O–H groups in total. The van der Waals surface area contributed by atoms with Gasteiger partial charge in [0, 0.05) is 44.6 Å². The van der Waals surface area contributed by atoms with Gasteiger partial charge in [-0.1, -0.05) is 6.92 Å². The number of pyridine rings is 1. The first kappa shape index (κ1) is 29.8. The van der Waals surface area contributed by atoms with Crippen molar-refractivity contribution in [1.29, 1.82) is 0 Å². The number of rotatable bonds is 10. The van der Waals surface area contributed by atoms with Crippen molar-refractivity contribution in [1.82, 2.24) is 19.6 Å². The van der Waals surface area contributed by atoms with Crippen LogP contribution in [-0.4, -0.2) is 79.0 Å². The lowest BCUT2D eigenvalue weighted by molar-refractivity contribution is 0.00183. The Balaban J connectivity index is 1.38. The summed E-state index contributed by atoms with van der Waals surface area (Å²) in [6.45, 7) is 3.27. The zero-order chi connectivity index (χ0) is 30.0. The highest BCUT2D eigenvalue weighted by atomic mass is 32.2. The van der Waals surface area contributed by atoms with E-state index in [2.05, 4.69) is 25.3 Å². The van der Waals surface area contributed by atoms with Gasteiger partial charge in [0.15, 0.2) is 0 Å². The molecule has 3 aromatic heterocycles. The van der Waals surface area contributed by atoms with E-state index in [0.717, 1.165) is 5.69 Å². The van der Waals surface area contributed by atoms with Crippen molar-refractivity contribution in [2.75, 3.05) is 49.0 Å². The lowest BCUT2D eigenvalue weighted by atomic mass is 9.92. The number of halogens is 2. The molecule has 0 bridgehead atoms. The largest absolute Gasteiger partial charge is 0.380 e. The number of nitrogens with two attached hydrogens (primary N) is 1. The first-order chi connectivity index (χ1) is 20.0. The number of ether oxygens (including phenoxy) is 2. The third kappa shape index (κ3) is 6.51. The van der Waals surface area contributed by atoms with Gasteiger partial charge in [-0.3, -0.25) is 4.98 Å². The van der Waals surface area contributed by atoms with Gasteiger partial charge in [0.25, 0.3) is 0 Å². The molecule has 11 nitrogen and oxygen atoms in total. The highest BCUT2D eigenvalue weighted by molar-refractivity contribution is 7.90. The average molecular weight is 602 g/mol. The predicted octanol–water partition coefficient (Wildman–Crippen LogP) is 3.17. The van der Waals surface area contributed by atoms with Gasteiger partial charge in [0.2, 0.25) is 5.95 Å². The monoisotopic (exact) mass is 601 g/mol. The molecule has 4 heterocycles. The molecule has 224 valence electrons. The molecular weight excluding hydrogens is 568 g/mol. The number of piperidine rings is 1. The van der Waals surface area contributed by atoms with E-state index >= 15 is 0 Å². The molecule has 0 radical (unpaired) electrons. The average Bonchev–Trinajstić information content (AvgIpc) is 3.31. The van der Waals surface area contributed by atoms with Crippen LogP contribution in [0.3, 0.4) is 0 Å². The Morgan fingerprint density at radius 3 is 2.60 bits per heavy atom. The summed E-state index contributed by atoms with van der Waals surface area (Å²) < 4.78 is 65.2. The second-order valence-electron chi connectivity index (χ2n) is 10.5. The molecule has 1 aliphatic heterocycles. The molecule has 4 aromatic rings. The number of hydrogen-bond acceptors (Lipinski definition) is 10. The maximum atomic E-state index is 14.9. The molecule has 1 fully saturated rings. The van der Waals surface area contributed by atoms with Crippen LogP contribution < -0.4 is 16.0 Å². The Labute approximate surface area is 242 Å². The highest BCUT2D eigenvalue weighted by Gasteiger charge is 2.34. The molecule has 0 aliphatic carbocycles. The summed E-state index contributed by atoms with van der Waals surface area (Å²) in [6.07, 6.45) is 5.81. The maximum Gasteiger partial charge on any atom is 0.229 e. The Hall–Kier alpha value is -3.72. The molecule has 0 spiro atoms. The Morgan fingerprint density at radius 1 is 1.14 bits per heavy atom. The molecule has 3 atom stereocenters. The third-order valence-electron chi connectivity index (χ3n) is 7.13. The Morgan fingerprint density at radius 2 is 1.90 bits per heavy atom. The molecule has 5 rings (SSSR count). The van der Waals surface area contributed by atoms with E-state index in [-0.39, 0.29) is 48.3 Å². The molecular formula is C28H33F2N7O4S. The summed E-state index contributed by atoms with van der Waals surface area (Å²) in [5.41, 5.74) is 8.79. The van der Waals surface area contributed by atoms with Gasteiger partial charge >= 0.3 is 0 Å². The summed E-state index contributed by atoms with van der Waals surface area (Å²) in [6, 6.07) is 7.18. The third-order valence-corrected chi connectivity index (χ3v) is 8.03. The van der Waals surface area contributed by atoms with Crippen LogP contribution in [0.15, 0.2) is 48.9 Å². The van der Waals surface area contributed by atoms with Gasteiger partial charge in [-0.2, -0.15) is 9.61 Å². The number of sulfone groups is 1. The van der Waals surface area contributed by atoms with Crippen LogP contribution in [0.5, 0.6) is 0 Å². The number of fused-ring (bicyclic) bond motifs is 1. The van der Waals surface area contributed by atoms with Crippen LogP contribution in [-0.2, 0) is 25.9 Å². The Bertz CT molecular complexity index is 1650. The van der Waals surface area contributed by atoms with Crippen LogP contribution >= 0.6 is 0 Å². The van der Waals surface area contributed by atoms with E-state index in [4.69, 9.17) is 15.2 Å². The molecule has 1 saturated heterocycles. The summed E-state index contributed by atoms with van der Waals surface area (Å²) in [5, 5.41) is 7.75. The normalized spacial score (nSPS) is 19.4. The van der Waals surface area contributed by atoms with Crippen LogP contribution in [0, 0.1) is 17.6 Å². The van der Waals surface area contributed by atoms with Gasteiger partial charge in [-0.25, -0.2) is 22.2 Å². The standard InChI is InChI=1S/C28H33F2N7O4S/c1-17-14-36(15-22(31)27(17)41-8-9-42(3,38)39)25-6-7-32-13-24(25)34-28-33-12-19-4-5-23(35-37(19)28)26-20(29)10-18(16-40-2)11-21(26)30/h4-7,10-13,17,22,27H,8-9,14-16,31H2,1-3H3,(H,33,34)/t17-,22+,27-/m0/s1. The van der Waals surface area contributed by atoms with Crippen molar-refractivity contribution in [3.05, 3.63) is 66.1 Å². The summed E-state index contributed by atoms with van der Waals surface area (Å²) in [7, 11) is -1.68. The summed E-state index contributed by atoms with van der Waals surface area (Å²) in [5.74, 6) is -1.20. The van der Waals surface area contributed by atoms with E-state index in [1.165, 1.54) is 30.0 Å². The number of benzene rings is 1. The summed E-state index contributed by atoms with van der Waals surface area (Å²) >= 11 is 0. The minimum atomic E-state index is -3.13. The number of nitrogens with one attached hydrogen (secondary N) is 1. The van der Waals surface area contributed by atoms with Crippen LogP contribution in [0.2, 0.25) is 0 Å². The van der Waals surface area contributed by atoms with Crippen LogP contribution in [0.25, 0.3) is 16.8 Å². The number of hydrogen-bond donors (Lipinski definition) is 2. The molecule has 42 heavy (non-hydrogen) atoms. The van der Waals surface area contributed by atoms with E-state index in [1.807, 2.05) is 13.0 Å². The second kappa shape index (κ2) is 12.3. The smallest absolute Gasteiger partial charge is 0.229 e. The van der Waals surface area contributed by atoms with Crippen LogP contribution in [0.1, 0.15) is 12.5 Å². The minimum Gasteiger partial charge on any atom is -0.380 e. The topological polar surface area (TPSA) is 137 Å². The number of imidazole rings is 1. The van der Waals surface area contributed by atoms with Crippen molar-refractivity contribution in [2.45, 2.75) is 25.7 Å². The van der Waals surface area contributed by atoms with Gasteiger partial charge in [-0.15, -0.1) is 0 Å². The van der Waals surface area contributed by atoms with Crippen molar-refractivity contribution in [3.8, 4) is 11.3 Å². The molecule has 1 aliphatic rings. The zero-order valence-corrected chi connectivity index (χ0v) is 24.3. The van der Waals surface area contributed by atoms with E-state index in [9.17, 15) is 17.2 Å². The van der Waals surface area contributed by atoms with E-state index in [0.29, 0.717) is 35.8 Å². The fraction of sp³-hybridized carbons (Fsp3) is 0.393. The van der Waals surface area contributed by atoms with E-state index in [1.54, 1.807) is 30.7 Å². The minimum absolute atomic E-state index is 0.0193. The van der Waals surface area contributed by atoms with Gasteiger partial charge in [0.1, 0.15) is 21.5 Å². The zero-order valence-electron chi connectivity index (χ0n) is 23.5. The van der Waals surface area contributed by atoms with Crippen LogP contribution in [0.4, 0.5) is 26.1 Å². The SMILES string of the molecule is COCc1cc(F)c(-c2ccc3cnc(Nc4cnccc4N4C[C@@H](N)[C@@H](OCCS(C)(=O)=O)[C@@H](C)C4)n3n2)c(F)c1. The van der Waals surface area contributed by atoms with Gasteiger partial charge in [0.05, 0.1) is 65.6 Å². The lowest BCUT2D eigenvalue weighted by Gasteiger charge is -2.42. The number of nitrogens with zero attached hydrogens (tertiary/aromatic N) is 5. The van der Waals surface area contributed by atoms with Crippen molar-refractivity contribution >= 4 is 32.7 Å². The highest BCUT2D eigenvalue weighted by Crippen LogP contribution is 2.32. The lowest BCUT2D eigenvalue weighted by Crippen LogP contribution is -2.57. The number of anilines is 3. The Kier molecular flexibility index (Phi) is 8.68. The van der Waals surface area contributed by atoms with Gasteiger partial charge in [-0.05, 0) is 35.9 Å². The van der Waals surface area contributed by atoms with Gasteiger partial charge < -0.3 is 25.4 Å². The van der Waals surface area contributed by atoms with Crippen molar-refractivity contribution in [2.24, 2.45) is 11.7 Å². The predicted molar refractivity (Wildman–Crippen MR) is 155 cm³/mol. The first-order valence-corrected chi connectivity index (χ1v) is 15.4. The number of aromatic nitrogens is 4. The molecule has 0 unspecified atom stereocenters. The molecule has 0 saturated carbocycles. The molecule has 14 heteroatoms. The summed E-state index contributed by atoms with van der Waals surface area (Å²) in [4.78, 5) is 10.8. The molecule has 0 amide bonds. The molecule has 1 aromatic carbocycles. The maximum absolute atomic E-state index is 14.9. The number of methoxy groups -OCH3 is 1.